The number of nitrogens with zero attached hydrogens (tertiary/aromatic N) is 2. The second-order valence-electron chi connectivity index (χ2n) is 8.15. The zero-order valence-corrected chi connectivity index (χ0v) is 16.3. The molecule has 30 heavy (non-hydrogen) atoms. The Morgan fingerprint density at radius 2 is 2.13 bits per heavy atom. The van der Waals surface area contributed by atoms with E-state index < -0.39 is 5.82 Å². The highest BCUT2D eigenvalue weighted by Gasteiger charge is 2.46. The number of aromatic nitrogens is 3. The molecule has 0 bridgehead atoms. The quantitative estimate of drug-likeness (QED) is 0.683. The number of aryl methyl sites for hydroxylation is 1. The molecule has 3 aromatic rings. The number of aromatic amines is 1. The summed E-state index contributed by atoms with van der Waals surface area (Å²) >= 11 is 0. The number of fused-ring (bicyclic) bond motifs is 5. The summed E-state index contributed by atoms with van der Waals surface area (Å²) in [6, 6.07) is 4.68. The van der Waals surface area contributed by atoms with Gasteiger partial charge in [-0.25, -0.2) is 14.4 Å². The van der Waals surface area contributed by atoms with E-state index in [4.69, 9.17) is 14.5 Å². The molecule has 0 saturated carbocycles. The SMILES string of the molecule is COc1ccc(-c2ncc3c(n2)-c2[nH]c4c(c2CC3)C(=O)NC2(COC2)C4)cc1F. The Morgan fingerprint density at radius 3 is 2.87 bits per heavy atom. The van der Waals surface area contributed by atoms with Crippen LogP contribution in [0, 0.1) is 5.82 Å². The number of carbonyl (C=O) groups excluding carboxylic acids is 1. The van der Waals surface area contributed by atoms with Gasteiger partial charge < -0.3 is 19.8 Å². The van der Waals surface area contributed by atoms with E-state index in [1.165, 1.54) is 13.2 Å². The van der Waals surface area contributed by atoms with E-state index in [0.717, 1.165) is 53.0 Å². The minimum atomic E-state index is -0.461. The maximum absolute atomic E-state index is 14.2. The van der Waals surface area contributed by atoms with Crippen molar-refractivity contribution in [1.29, 1.82) is 0 Å². The lowest BCUT2D eigenvalue weighted by atomic mass is 9.84. The van der Waals surface area contributed by atoms with Crippen molar-refractivity contribution in [1.82, 2.24) is 20.3 Å². The van der Waals surface area contributed by atoms with E-state index in [0.29, 0.717) is 24.6 Å². The smallest absolute Gasteiger partial charge is 0.254 e. The number of rotatable bonds is 2. The molecule has 0 unspecified atom stereocenters. The number of halogens is 1. The van der Waals surface area contributed by atoms with Crippen molar-refractivity contribution >= 4 is 5.91 Å². The van der Waals surface area contributed by atoms with Crippen molar-refractivity contribution in [3.63, 3.8) is 0 Å². The second kappa shape index (κ2) is 6.12. The number of ether oxygens (including phenoxy) is 2. The van der Waals surface area contributed by atoms with E-state index in [-0.39, 0.29) is 17.2 Å². The summed E-state index contributed by atoms with van der Waals surface area (Å²) in [5.74, 6) is 0.101. The van der Waals surface area contributed by atoms with Gasteiger partial charge in [-0.1, -0.05) is 0 Å². The van der Waals surface area contributed by atoms with Crippen molar-refractivity contribution in [2.24, 2.45) is 0 Å². The first kappa shape index (κ1) is 17.6. The van der Waals surface area contributed by atoms with Crippen LogP contribution >= 0.6 is 0 Å². The summed E-state index contributed by atoms with van der Waals surface area (Å²) in [5.41, 5.74) is 5.61. The molecule has 152 valence electrons. The molecule has 6 rings (SSSR count). The number of H-pyrrole nitrogens is 1. The molecule has 1 saturated heterocycles. The van der Waals surface area contributed by atoms with Crippen LogP contribution in [0.3, 0.4) is 0 Å². The van der Waals surface area contributed by atoms with Crippen molar-refractivity contribution in [3.8, 4) is 28.5 Å². The van der Waals surface area contributed by atoms with Gasteiger partial charge in [0.2, 0.25) is 0 Å². The van der Waals surface area contributed by atoms with Crippen molar-refractivity contribution in [2.75, 3.05) is 20.3 Å². The Kier molecular flexibility index (Phi) is 3.59. The summed E-state index contributed by atoms with van der Waals surface area (Å²) in [5, 5.41) is 3.13. The minimum Gasteiger partial charge on any atom is -0.494 e. The predicted octanol–water partition coefficient (Wildman–Crippen LogP) is 2.44. The van der Waals surface area contributed by atoms with Crippen molar-refractivity contribution in [2.45, 2.75) is 24.8 Å². The number of carbonyl (C=O) groups is 1. The molecule has 1 aromatic carbocycles. The molecule has 1 amide bonds. The van der Waals surface area contributed by atoms with Crippen LogP contribution in [0.4, 0.5) is 4.39 Å². The highest BCUT2D eigenvalue weighted by molar-refractivity contribution is 6.01. The van der Waals surface area contributed by atoms with Gasteiger partial charge in [-0.3, -0.25) is 4.79 Å². The lowest BCUT2D eigenvalue weighted by molar-refractivity contribution is -0.0713. The molecule has 2 aliphatic heterocycles. The zero-order valence-electron chi connectivity index (χ0n) is 16.3. The van der Waals surface area contributed by atoms with E-state index >= 15 is 0 Å². The standard InChI is InChI=1S/C22H19FN4O3/c1-29-16-5-3-11(6-14(16)23)20-24-8-12-2-4-13-17-15(25-19(13)18(12)26-20)7-22(9-30-10-22)27-21(17)28/h3,5-6,8,25H,2,4,7,9-10H2,1H3,(H,27,28). The van der Waals surface area contributed by atoms with Gasteiger partial charge in [-0.2, -0.15) is 0 Å². The van der Waals surface area contributed by atoms with Gasteiger partial charge in [-0.05, 0) is 42.2 Å². The van der Waals surface area contributed by atoms with Crippen LogP contribution in [0.15, 0.2) is 24.4 Å². The predicted molar refractivity (Wildman–Crippen MR) is 106 cm³/mol. The molecule has 1 spiro atoms. The van der Waals surface area contributed by atoms with Crippen molar-refractivity contribution in [3.05, 3.63) is 52.6 Å². The van der Waals surface area contributed by atoms with E-state index in [1.807, 2.05) is 0 Å². The fraction of sp³-hybridized carbons (Fsp3) is 0.318. The summed E-state index contributed by atoms with van der Waals surface area (Å²) in [6.07, 6.45) is 4.03. The number of hydrogen-bond acceptors (Lipinski definition) is 5. The highest BCUT2D eigenvalue weighted by atomic mass is 19.1. The highest BCUT2D eigenvalue weighted by Crippen LogP contribution is 2.39. The largest absolute Gasteiger partial charge is 0.494 e. The third-order valence-electron chi connectivity index (χ3n) is 6.21. The minimum absolute atomic E-state index is 0.0491. The Balaban J connectivity index is 1.45. The molecular formula is C22H19FN4O3. The second-order valence-corrected chi connectivity index (χ2v) is 8.15. The fourth-order valence-corrected chi connectivity index (χ4v) is 4.67. The molecule has 8 heteroatoms. The Morgan fingerprint density at radius 1 is 1.27 bits per heavy atom. The zero-order chi connectivity index (χ0) is 20.5. The lowest BCUT2D eigenvalue weighted by Crippen LogP contribution is -2.65. The third-order valence-corrected chi connectivity index (χ3v) is 6.21. The van der Waals surface area contributed by atoms with Crippen LogP contribution in [0.2, 0.25) is 0 Å². The van der Waals surface area contributed by atoms with Gasteiger partial charge in [0.05, 0.1) is 42.8 Å². The van der Waals surface area contributed by atoms with Gasteiger partial charge in [0.1, 0.15) is 0 Å². The molecule has 1 aliphatic carbocycles. The molecule has 0 radical (unpaired) electrons. The number of amides is 1. The van der Waals surface area contributed by atoms with E-state index in [9.17, 15) is 9.18 Å². The van der Waals surface area contributed by atoms with Gasteiger partial charge in [0, 0.05) is 23.9 Å². The molecule has 7 nitrogen and oxygen atoms in total. The van der Waals surface area contributed by atoms with E-state index in [2.05, 4.69) is 15.3 Å². The maximum Gasteiger partial charge on any atom is 0.254 e. The topological polar surface area (TPSA) is 89.1 Å². The van der Waals surface area contributed by atoms with Gasteiger partial charge in [0.25, 0.3) is 5.91 Å². The first-order valence-electron chi connectivity index (χ1n) is 9.91. The first-order valence-corrected chi connectivity index (χ1v) is 9.91. The number of methoxy groups -OCH3 is 1. The van der Waals surface area contributed by atoms with Crippen LogP contribution in [-0.2, 0) is 24.0 Å². The summed E-state index contributed by atoms with van der Waals surface area (Å²) in [6.45, 7) is 1.07. The molecule has 2 aromatic heterocycles. The van der Waals surface area contributed by atoms with Gasteiger partial charge in [-0.15, -0.1) is 0 Å². The molecular weight excluding hydrogens is 387 g/mol. The number of nitrogens with one attached hydrogen (secondary N) is 2. The number of hydrogen-bond donors (Lipinski definition) is 2. The van der Waals surface area contributed by atoms with Crippen LogP contribution < -0.4 is 10.1 Å². The number of benzene rings is 1. The van der Waals surface area contributed by atoms with E-state index in [1.54, 1.807) is 18.3 Å². The first-order chi connectivity index (χ1) is 14.6. The van der Waals surface area contributed by atoms with Crippen LogP contribution in [-0.4, -0.2) is 46.7 Å². The Bertz CT molecular complexity index is 1220. The lowest BCUT2D eigenvalue weighted by Gasteiger charge is -2.44. The molecule has 2 N–H and O–H groups in total. The third kappa shape index (κ3) is 2.43. The normalized spacial score (nSPS) is 18.1. The summed E-state index contributed by atoms with van der Waals surface area (Å²) in [4.78, 5) is 25.5. The van der Waals surface area contributed by atoms with Crippen LogP contribution in [0.5, 0.6) is 5.75 Å². The monoisotopic (exact) mass is 406 g/mol. The molecule has 0 atom stereocenters. The van der Waals surface area contributed by atoms with Crippen LogP contribution in [0.25, 0.3) is 22.8 Å². The molecule has 3 aliphatic rings. The van der Waals surface area contributed by atoms with Gasteiger partial charge in [0.15, 0.2) is 17.4 Å². The molecule has 1 fully saturated rings. The average Bonchev–Trinajstić information content (AvgIpc) is 3.11. The maximum atomic E-state index is 14.2. The Labute approximate surface area is 171 Å². The molecule has 4 heterocycles. The van der Waals surface area contributed by atoms with Crippen molar-refractivity contribution < 1.29 is 18.7 Å². The summed E-state index contributed by atoms with van der Waals surface area (Å²) in [7, 11) is 1.43. The average molecular weight is 406 g/mol. The Hall–Kier alpha value is -3.26. The van der Waals surface area contributed by atoms with Gasteiger partial charge >= 0.3 is 0 Å². The summed E-state index contributed by atoms with van der Waals surface area (Å²) < 4.78 is 24.5. The van der Waals surface area contributed by atoms with Crippen LogP contribution in [0.1, 0.15) is 27.2 Å². The fourth-order valence-electron chi connectivity index (χ4n) is 4.67.